The Bertz CT molecular complexity index is 403. The predicted molar refractivity (Wildman–Crippen MR) is 75.0 cm³/mol. The number of aromatic nitrogens is 2. The van der Waals surface area contributed by atoms with Crippen LogP contribution in [0.4, 0.5) is 5.95 Å². The summed E-state index contributed by atoms with van der Waals surface area (Å²) in [6, 6.07) is 2.98. The molecule has 1 saturated heterocycles. The van der Waals surface area contributed by atoms with E-state index in [1.165, 1.54) is 12.8 Å². The molecule has 1 aliphatic rings. The van der Waals surface area contributed by atoms with Gasteiger partial charge in [0.15, 0.2) is 0 Å². The van der Waals surface area contributed by atoms with Gasteiger partial charge < -0.3 is 10.6 Å². The first kappa shape index (κ1) is 13.3. The maximum absolute atomic E-state index is 4.61. The van der Waals surface area contributed by atoms with Gasteiger partial charge in [-0.1, -0.05) is 13.8 Å². The van der Waals surface area contributed by atoms with Gasteiger partial charge in [-0.15, -0.1) is 0 Å². The first-order valence-electron chi connectivity index (χ1n) is 6.91. The van der Waals surface area contributed by atoms with Crippen molar-refractivity contribution < 1.29 is 0 Å². The van der Waals surface area contributed by atoms with Crippen LogP contribution in [-0.4, -0.2) is 28.6 Å². The van der Waals surface area contributed by atoms with Crippen molar-refractivity contribution in [3.63, 3.8) is 0 Å². The Hall–Kier alpha value is -1.16. The molecule has 0 amide bonds. The molecule has 0 bridgehead atoms. The Morgan fingerprint density at radius 1 is 1.39 bits per heavy atom. The number of hydrogen-bond acceptors (Lipinski definition) is 4. The van der Waals surface area contributed by atoms with Crippen LogP contribution in [0.3, 0.4) is 0 Å². The topological polar surface area (TPSA) is 49.8 Å². The molecule has 1 aromatic heterocycles. The van der Waals surface area contributed by atoms with Gasteiger partial charge in [0.05, 0.1) is 0 Å². The predicted octanol–water partition coefficient (Wildman–Crippen LogP) is 2.46. The summed E-state index contributed by atoms with van der Waals surface area (Å²) in [5, 5.41) is 6.97. The molecule has 0 saturated carbocycles. The van der Waals surface area contributed by atoms with Crippen LogP contribution in [0.25, 0.3) is 0 Å². The minimum atomic E-state index is 0.431. The fraction of sp³-hybridized carbons (Fsp3) is 0.714. The zero-order chi connectivity index (χ0) is 13.1. The maximum atomic E-state index is 4.61. The van der Waals surface area contributed by atoms with Gasteiger partial charge in [-0.3, -0.25) is 0 Å². The normalized spacial score (nSPS) is 24.3. The van der Waals surface area contributed by atoms with E-state index in [4.69, 9.17) is 0 Å². The minimum Gasteiger partial charge on any atom is -0.350 e. The summed E-state index contributed by atoms with van der Waals surface area (Å²) in [6.07, 6.45) is 2.40. The SMILES string of the molecule is Cc1cc(C(C)C)nc(NC2CCCNC2C)n1. The molecule has 0 spiro atoms. The summed E-state index contributed by atoms with van der Waals surface area (Å²) < 4.78 is 0. The van der Waals surface area contributed by atoms with Crippen molar-refractivity contribution in [2.24, 2.45) is 0 Å². The van der Waals surface area contributed by atoms with Crippen molar-refractivity contribution in [3.8, 4) is 0 Å². The van der Waals surface area contributed by atoms with Gasteiger partial charge in [0.2, 0.25) is 5.95 Å². The third-order valence-corrected chi connectivity index (χ3v) is 3.54. The highest BCUT2D eigenvalue weighted by Gasteiger charge is 2.21. The fourth-order valence-corrected chi connectivity index (χ4v) is 2.36. The van der Waals surface area contributed by atoms with Gasteiger partial charge in [-0.2, -0.15) is 0 Å². The quantitative estimate of drug-likeness (QED) is 0.862. The first-order chi connectivity index (χ1) is 8.56. The summed E-state index contributed by atoms with van der Waals surface area (Å²) in [4.78, 5) is 9.11. The molecule has 1 aliphatic heterocycles. The van der Waals surface area contributed by atoms with Crippen LogP contribution in [0.2, 0.25) is 0 Å². The van der Waals surface area contributed by atoms with E-state index in [9.17, 15) is 0 Å². The van der Waals surface area contributed by atoms with Crippen molar-refractivity contribution in [3.05, 3.63) is 17.5 Å². The van der Waals surface area contributed by atoms with E-state index < -0.39 is 0 Å². The molecule has 2 atom stereocenters. The Morgan fingerprint density at radius 2 is 2.17 bits per heavy atom. The average molecular weight is 248 g/mol. The standard InChI is InChI=1S/C14H24N4/c1-9(2)13-8-10(3)16-14(18-13)17-12-6-5-7-15-11(12)4/h8-9,11-12,15H,5-7H2,1-4H3,(H,16,17,18). The van der Waals surface area contributed by atoms with E-state index in [1.807, 2.05) is 6.92 Å². The number of piperidine rings is 1. The summed E-state index contributed by atoms with van der Waals surface area (Å²) in [5.41, 5.74) is 2.15. The third kappa shape index (κ3) is 3.19. The molecule has 4 nitrogen and oxygen atoms in total. The highest BCUT2D eigenvalue weighted by molar-refractivity contribution is 5.31. The Labute approximate surface area is 110 Å². The molecule has 4 heteroatoms. The number of hydrogen-bond donors (Lipinski definition) is 2. The molecule has 0 aromatic carbocycles. The first-order valence-corrected chi connectivity index (χ1v) is 6.91. The molecule has 2 heterocycles. The van der Waals surface area contributed by atoms with E-state index in [-0.39, 0.29) is 0 Å². The zero-order valence-corrected chi connectivity index (χ0v) is 11.8. The monoisotopic (exact) mass is 248 g/mol. The van der Waals surface area contributed by atoms with Crippen LogP contribution in [-0.2, 0) is 0 Å². The van der Waals surface area contributed by atoms with Crippen molar-refractivity contribution in [2.75, 3.05) is 11.9 Å². The van der Waals surface area contributed by atoms with Crippen LogP contribution >= 0.6 is 0 Å². The van der Waals surface area contributed by atoms with Gasteiger partial charge in [0, 0.05) is 23.5 Å². The van der Waals surface area contributed by atoms with Crippen molar-refractivity contribution >= 4 is 5.95 Å². The second kappa shape index (κ2) is 5.65. The summed E-state index contributed by atoms with van der Waals surface area (Å²) in [7, 11) is 0. The summed E-state index contributed by atoms with van der Waals surface area (Å²) in [5.74, 6) is 1.22. The smallest absolute Gasteiger partial charge is 0.223 e. The Morgan fingerprint density at radius 3 is 2.83 bits per heavy atom. The average Bonchev–Trinajstić information content (AvgIpc) is 2.31. The van der Waals surface area contributed by atoms with Crippen LogP contribution < -0.4 is 10.6 Å². The van der Waals surface area contributed by atoms with Crippen molar-refractivity contribution in [1.29, 1.82) is 0 Å². The molecule has 2 N–H and O–H groups in total. The van der Waals surface area contributed by atoms with Crippen LogP contribution in [0, 0.1) is 6.92 Å². The Kier molecular flexibility index (Phi) is 4.17. The molecule has 0 radical (unpaired) electrons. The van der Waals surface area contributed by atoms with Gasteiger partial charge in [0.1, 0.15) is 0 Å². The van der Waals surface area contributed by atoms with Crippen LogP contribution in [0.15, 0.2) is 6.07 Å². The lowest BCUT2D eigenvalue weighted by Crippen LogP contribution is -2.46. The third-order valence-electron chi connectivity index (χ3n) is 3.54. The lowest BCUT2D eigenvalue weighted by atomic mass is 10.0. The molecular formula is C14H24N4. The lowest BCUT2D eigenvalue weighted by molar-refractivity contribution is 0.388. The van der Waals surface area contributed by atoms with E-state index in [0.29, 0.717) is 18.0 Å². The highest BCUT2D eigenvalue weighted by atomic mass is 15.1. The largest absolute Gasteiger partial charge is 0.350 e. The molecule has 1 fully saturated rings. The molecule has 2 rings (SSSR count). The fourth-order valence-electron chi connectivity index (χ4n) is 2.36. The van der Waals surface area contributed by atoms with Gasteiger partial charge in [-0.25, -0.2) is 9.97 Å². The summed E-state index contributed by atoms with van der Waals surface area (Å²) in [6.45, 7) is 9.69. The minimum absolute atomic E-state index is 0.431. The van der Waals surface area contributed by atoms with E-state index in [2.05, 4.69) is 47.4 Å². The molecule has 100 valence electrons. The second-order valence-electron chi connectivity index (χ2n) is 5.55. The molecule has 2 unspecified atom stereocenters. The van der Waals surface area contributed by atoms with Crippen LogP contribution in [0.1, 0.15) is 50.9 Å². The van der Waals surface area contributed by atoms with Crippen LogP contribution in [0.5, 0.6) is 0 Å². The van der Waals surface area contributed by atoms with Crippen molar-refractivity contribution in [1.82, 2.24) is 15.3 Å². The maximum Gasteiger partial charge on any atom is 0.223 e. The van der Waals surface area contributed by atoms with Gasteiger partial charge >= 0.3 is 0 Å². The van der Waals surface area contributed by atoms with E-state index >= 15 is 0 Å². The molecule has 18 heavy (non-hydrogen) atoms. The van der Waals surface area contributed by atoms with E-state index in [0.717, 1.165) is 23.9 Å². The van der Waals surface area contributed by atoms with E-state index in [1.54, 1.807) is 0 Å². The number of aryl methyl sites for hydroxylation is 1. The number of anilines is 1. The molecule has 1 aromatic rings. The second-order valence-corrected chi connectivity index (χ2v) is 5.55. The number of nitrogens with one attached hydrogen (secondary N) is 2. The molecule has 0 aliphatic carbocycles. The summed E-state index contributed by atoms with van der Waals surface area (Å²) >= 11 is 0. The number of rotatable bonds is 3. The van der Waals surface area contributed by atoms with Crippen molar-refractivity contribution in [2.45, 2.75) is 58.5 Å². The Balaban J connectivity index is 2.12. The molecular weight excluding hydrogens is 224 g/mol. The number of nitrogens with zero attached hydrogens (tertiary/aromatic N) is 2. The lowest BCUT2D eigenvalue weighted by Gasteiger charge is -2.30. The zero-order valence-electron chi connectivity index (χ0n) is 11.8. The van der Waals surface area contributed by atoms with Gasteiger partial charge in [0.25, 0.3) is 0 Å². The highest BCUT2D eigenvalue weighted by Crippen LogP contribution is 2.17. The van der Waals surface area contributed by atoms with Gasteiger partial charge in [-0.05, 0) is 45.2 Å².